The highest BCUT2D eigenvalue weighted by molar-refractivity contribution is 5.95. The molecule has 48 heavy (non-hydrogen) atoms. The Balaban J connectivity index is 0.000000749. The van der Waals surface area contributed by atoms with Crippen LogP contribution in [0.15, 0.2) is 162 Å². The van der Waals surface area contributed by atoms with Gasteiger partial charge < -0.3 is 9.47 Å². The molecule has 8 heteroatoms. The summed E-state index contributed by atoms with van der Waals surface area (Å²) in [6.07, 6.45) is 6.32. The zero-order valence-corrected chi connectivity index (χ0v) is 26.5. The van der Waals surface area contributed by atoms with Gasteiger partial charge in [0.05, 0.1) is 24.1 Å². The zero-order chi connectivity index (χ0) is 33.5. The summed E-state index contributed by atoms with van der Waals surface area (Å²) < 4.78 is 52.4. The molecule has 0 saturated carbocycles. The highest BCUT2D eigenvalue weighted by Crippen LogP contribution is 2.39. The molecule has 0 spiro atoms. The van der Waals surface area contributed by atoms with Gasteiger partial charge in [-0.05, 0) is 70.3 Å². The van der Waals surface area contributed by atoms with E-state index >= 15 is 0 Å². The molecule has 0 radical (unpaired) electrons. The van der Waals surface area contributed by atoms with Gasteiger partial charge in [-0.25, -0.2) is 23.1 Å². The number of hydrogen-bond acceptors (Lipinski definition) is 6. The summed E-state index contributed by atoms with van der Waals surface area (Å²) in [6, 6.07) is 47.3. The Morgan fingerprint density at radius 3 is 2.00 bits per heavy atom. The van der Waals surface area contributed by atoms with E-state index in [1.807, 2.05) is 60.7 Å². The fourth-order valence-corrected chi connectivity index (χ4v) is 5.42. The molecule has 0 unspecified atom stereocenters. The molecule has 0 fully saturated rings. The van der Waals surface area contributed by atoms with Crippen molar-refractivity contribution in [1.29, 1.82) is 0 Å². The fraction of sp³-hybridized carbons (Fsp3) is 0.0250. The van der Waals surface area contributed by atoms with Crippen molar-refractivity contribution < 1.29 is 42.8 Å². The van der Waals surface area contributed by atoms with E-state index in [1.165, 1.54) is 0 Å². The Hall–Kier alpha value is -5.54. The van der Waals surface area contributed by atoms with Crippen molar-refractivity contribution in [3.8, 4) is 22.6 Å². The van der Waals surface area contributed by atoms with E-state index < -0.39 is 10.2 Å². The summed E-state index contributed by atoms with van der Waals surface area (Å²) in [7, 11) is -3.26. The Bertz CT molecular complexity index is 2110. The van der Waals surface area contributed by atoms with Gasteiger partial charge >= 0.3 is 11.3 Å². The third-order valence-electron chi connectivity index (χ3n) is 7.57. The van der Waals surface area contributed by atoms with Gasteiger partial charge in [0.2, 0.25) is 0 Å². The molecule has 238 valence electrons. The number of hydrogen-bond donors (Lipinski definition) is 0. The minimum atomic E-state index is -4.94. The standard InChI is InChI=1S/C40H29O3.ClHO4/c1-41-33-22-20-30(21-23-33)36(28-12-4-2-5-13-28)27-34-24-32(35-17-9-11-19-39(35)42-34)26-40-37(29-14-6-3-7-15-29)25-31-16-8-10-18-38(31)43-40;2-1(3,4)5/h2-27H,1H3;(H,2,3,4,5)/q+1;/p-1. The molecule has 7 nitrogen and oxygen atoms in total. The molecule has 0 aliphatic carbocycles. The minimum Gasteiger partial charge on any atom is -0.497 e. The van der Waals surface area contributed by atoms with Crippen LogP contribution >= 0.6 is 0 Å². The van der Waals surface area contributed by atoms with Crippen molar-refractivity contribution in [2.45, 2.75) is 0 Å². The van der Waals surface area contributed by atoms with E-state index in [9.17, 15) is 0 Å². The molecule has 1 aliphatic rings. The van der Waals surface area contributed by atoms with Crippen LogP contribution in [-0.4, -0.2) is 7.11 Å². The van der Waals surface area contributed by atoms with E-state index in [0.29, 0.717) is 0 Å². The summed E-state index contributed by atoms with van der Waals surface area (Å²) in [5, 5.41) is 1.06. The van der Waals surface area contributed by atoms with Crippen molar-refractivity contribution in [2.24, 2.45) is 0 Å². The first-order valence-electron chi connectivity index (χ1n) is 14.9. The molecule has 0 saturated heterocycles. The van der Waals surface area contributed by atoms with Gasteiger partial charge in [-0.1, -0.05) is 103 Å². The molecular formula is C40H29ClO7. The highest BCUT2D eigenvalue weighted by Gasteiger charge is 2.23. The van der Waals surface area contributed by atoms with Gasteiger partial charge in [-0.3, -0.25) is 0 Å². The van der Waals surface area contributed by atoms with Crippen molar-refractivity contribution in [3.63, 3.8) is 0 Å². The van der Waals surface area contributed by atoms with Crippen LogP contribution in [0.2, 0.25) is 0 Å². The van der Waals surface area contributed by atoms with Gasteiger partial charge in [-0.2, -0.15) is 0 Å². The van der Waals surface area contributed by atoms with Crippen LogP contribution in [0.1, 0.15) is 22.5 Å². The van der Waals surface area contributed by atoms with E-state index in [-0.39, 0.29) is 0 Å². The maximum atomic E-state index is 8.49. The Kier molecular flexibility index (Phi) is 9.78. The van der Waals surface area contributed by atoms with Crippen LogP contribution in [0, 0.1) is 10.2 Å². The van der Waals surface area contributed by atoms with Gasteiger partial charge in [0, 0.05) is 11.6 Å². The van der Waals surface area contributed by atoms with Crippen molar-refractivity contribution >= 4 is 28.2 Å². The Morgan fingerprint density at radius 2 is 1.29 bits per heavy atom. The van der Waals surface area contributed by atoms with E-state index in [2.05, 4.69) is 97.1 Å². The summed E-state index contributed by atoms with van der Waals surface area (Å²) >= 11 is 0. The molecule has 7 rings (SSSR count). The average molecular weight is 657 g/mol. The van der Waals surface area contributed by atoms with Gasteiger partial charge in [0.15, 0.2) is 0 Å². The topological polar surface area (TPSA) is 122 Å². The molecular weight excluding hydrogens is 628 g/mol. The van der Waals surface area contributed by atoms with Crippen LogP contribution in [0.25, 0.3) is 39.3 Å². The average Bonchev–Trinajstić information content (AvgIpc) is 3.10. The van der Waals surface area contributed by atoms with Crippen molar-refractivity contribution in [1.82, 2.24) is 0 Å². The molecule has 0 N–H and O–H groups in total. The molecule has 2 heterocycles. The third-order valence-corrected chi connectivity index (χ3v) is 7.57. The normalized spacial score (nSPS) is 13.6. The smallest absolute Gasteiger partial charge is 0.362 e. The predicted molar refractivity (Wildman–Crippen MR) is 176 cm³/mol. The maximum Gasteiger partial charge on any atom is 0.362 e. The number of fused-ring (bicyclic) bond motifs is 2. The highest BCUT2D eigenvalue weighted by atomic mass is 35.7. The lowest BCUT2D eigenvalue weighted by atomic mass is 9.94. The first-order valence-corrected chi connectivity index (χ1v) is 16.1. The first-order chi connectivity index (χ1) is 23.2. The van der Waals surface area contributed by atoms with Crippen LogP contribution in [0.4, 0.5) is 0 Å². The quantitative estimate of drug-likeness (QED) is 0.215. The second-order valence-corrected chi connectivity index (χ2v) is 11.5. The lowest BCUT2D eigenvalue weighted by Gasteiger charge is -2.19. The van der Waals surface area contributed by atoms with Gasteiger partial charge in [-0.15, -0.1) is 10.2 Å². The molecule has 0 bridgehead atoms. The zero-order valence-electron chi connectivity index (χ0n) is 25.7. The summed E-state index contributed by atoms with van der Waals surface area (Å²) in [6.45, 7) is 0. The number of benzene rings is 5. The SMILES string of the molecule is COc1ccc(C(=CC2=CC(=Cc3[o+]c4ccccc4cc3-c3ccccc3)c3ccccc3O2)c2ccccc2)cc1.[O-][Cl+3]([O-])([O-])[O-]. The first kappa shape index (κ1) is 32.4. The van der Waals surface area contributed by atoms with Crippen LogP contribution in [0.3, 0.4) is 0 Å². The lowest BCUT2D eigenvalue weighted by molar-refractivity contribution is -2.00. The number of halogens is 1. The summed E-state index contributed by atoms with van der Waals surface area (Å²) in [4.78, 5) is 0. The summed E-state index contributed by atoms with van der Waals surface area (Å²) in [5.74, 6) is 3.14. The Morgan fingerprint density at radius 1 is 0.688 bits per heavy atom. The second-order valence-electron chi connectivity index (χ2n) is 10.7. The number of rotatable bonds is 6. The largest absolute Gasteiger partial charge is 0.497 e. The molecule has 1 aliphatic heterocycles. The molecule has 6 aromatic rings. The number of methoxy groups -OCH3 is 1. The fourth-order valence-electron chi connectivity index (χ4n) is 5.42. The molecule has 1 aromatic heterocycles. The summed E-state index contributed by atoms with van der Waals surface area (Å²) in [5.41, 5.74) is 8.19. The van der Waals surface area contributed by atoms with E-state index in [1.54, 1.807) is 7.11 Å². The van der Waals surface area contributed by atoms with Gasteiger partial charge in [0.25, 0.3) is 0 Å². The van der Waals surface area contributed by atoms with Crippen molar-refractivity contribution in [3.05, 3.63) is 180 Å². The molecule has 5 aromatic carbocycles. The van der Waals surface area contributed by atoms with Gasteiger partial charge in [0.1, 0.15) is 17.3 Å². The molecule has 0 atom stereocenters. The molecule has 0 amide bonds. The lowest BCUT2D eigenvalue weighted by Crippen LogP contribution is -2.68. The second kappa shape index (κ2) is 14.5. The number of para-hydroxylation sites is 2. The monoisotopic (exact) mass is 656 g/mol. The van der Waals surface area contributed by atoms with Crippen LogP contribution < -0.4 is 28.1 Å². The van der Waals surface area contributed by atoms with E-state index in [0.717, 1.165) is 73.0 Å². The van der Waals surface area contributed by atoms with Crippen molar-refractivity contribution in [2.75, 3.05) is 7.11 Å². The number of allylic oxidation sites excluding steroid dienone is 3. The Labute approximate surface area is 279 Å². The van der Waals surface area contributed by atoms with E-state index in [4.69, 9.17) is 32.5 Å². The maximum absolute atomic E-state index is 8.49. The minimum absolute atomic E-state index is 0.738. The predicted octanol–water partition coefficient (Wildman–Crippen LogP) is 5.58. The van der Waals surface area contributed by atoms with Crippen LogP contribution in [0.5, 0.6) is 11.5 Å². The van der Waals surface area contributed by atoms with Crippen LogP contribution in [-0.2, 0) is 0 Å². The number of ether oxygens (including phenoxy) is 2. The third kappa shape index (κ3) is 8.05.